The molecule has 2 aromatic heterocycles. The van der Waals surface area contributed by atoms with Crippen LogP contribution in [0.3, 0.4) is 0 Å². The average Bonchev–Trinajstić information content (AvgIpc) is 2.99. The molecule has 0 fully saturated rings. The minimum atomic E-state index is -0.420. The Hall–Kier alpha value is -1.76. The summed E-state index contributed by atoms with van der Waals surface area (Å²) in [7, 11) is 0. The summed E-state index contributed by atoms with van der Waals surface area (Å²) in [6, 6.07) is 0. The summed E-state index contributed by atoms with van der Waals surface area (Å²) >= 11 is 1.55. The fourth-order valence-corrected chi connectivity index (χ4v) is 2.41. The fourth-order valence-electron chi connectivity index (χ4n) is 1.81. The van der Waals surface area contributed by atoms with Crippen LogP contribution in [0.5, 0.6) is 0 Å². The molecule has 2 aromatic rings. The van der Waals surface area contributed by atoms with Crippen LogP contribution in [0.1, 0.15) is 47.9 Å². The first-order valence-corrected chi connectivity index (χ1v) is 7.00. The number of thiazole rings is 1. The maximum Gasteiger partial charge on any atom is 0.360 e. The Kier molecular flexibility index (Phi) is 4.26. The minimum Gasteiger partial charge on any atom is -0.461 e. The Bertz CT molecular complexity index is 548. The normalized spacial score (nSPS) is 10.9. The van der Waals surface area contributed by atoms with E-state index in [-0.39, 0.29) is 5.92 Å². The molecular formula is C12H16N4O2S. The molecule has 7 heteroatoms. The first-order valence-electron chi connectivity index (χ1n) is 6.12. The Labute approximate surface area is 115 Å². The number of carbonyl (C=O) groups is 1. The predicted molar refractivity (Wildman–Crippen MR) is 71.3 cm³/mol. The molecule has 19 heavy (non-hydrogen) atoms. The molecule has 0 aromatic carbocycles. The third kappa shape index (κ3) is 2.98. The van der Waals surface area contributed by atoms with E-state index < -0.39 is 5.97 Å². The van der Waals surface area contributed by atoms with Crippen molar-refractivity contribution in [2.24, 2.45) is 0 Å². The van der Waals surface area contributed by atoms with E-state index in [1.807, 2.05) is 19.2 Å². The van der Waals surface area contributed by atoms with Gasteiger partial charge in [0.05, 0.1) is 18.8 Å². The first kappa shape index (κ1) is 13.7. The van der Waals surface area contributed by atoms with Gasteiger partial charge in [-0.05, 0) is 12.8 Å². The summed E-state index contributed by atoms with van der Waals surface area (Å²) in [5, 5.41) is 10.8. The van der Waals surface area contributed by atoms with Crippen LogP contribution in [0.2, 0.25) is 0 Å². The van der Waals surface area contributed by atoms with Gasteiger partial charge in [-0.25, -0.2) is 14.5 Å². The first-order chi connectivity index (χ1) is 9.13. The number of nitrogens with zero attached hydrogens (tertiary/aromatic N) is 4. The van der Waals surface area contributed by atoms with Gasteiger partial charge in [0, 0.05) is 11.6 Å². The summed E-state index contributed by atoms with van der Waals surface area (Å²) in [6.45, 7) is 6.62. The van der Waals surface area contributed by atoms with Crippen LogP contribution in [0.15, 0.2) is 11.6 Å². The Morgan fingerprint density at radius 2 is 2.32 bits per heavy atom. The van der Waals surface area contributed by atoms with Crippen molar-refractivity contribution in [3.8, 4) is 0 Å². The van der Waals surface area contributed by atoms with Gasteiger partial charge in [-0.2, -0.15) is 0 Å². The molecule has 0 saturated carbocycles. The lowest BCUT2D eigenvalue weighted by atomic mass is 10.1. The second kappa shape index (κ2) is 5.92. The summed E-state index contributed by atoms with van der Waals surface area (Å²) in [4.78, 5) is 16.1. The van der Waals surface area contributed by atoms with E-state index in [0.717, 1.165) is 10.7 Å². The highest BCUT2D eigenvalue weighted by molar-refractivity contribution is 7.09. The van der Waals surface area contributed by atoms with Gasteiger partial charge in [0.2, 0.25) is 0 Å². The molecule has 0 unspecified atom stereocenters. The Balaban J connectivity index is 2.31. The van der Waals surface area contributed by atoms with Crippen molar-refractivity contribution in [2.75, 3.05) is 6.61 Å². The van der Waals surface area contributed by atoms with E-state index in [1.54, 1.807) is 29.1 Å². The van der Waals surface area contributed by atoms with Gasteiger partial charge in [0.25, 0.3) is 0 Å². The quantitative estimate of drug-likeness (QED) is 0.784. The lowest BCUT2D eigenvalue weighted by Crippen LogP contribution is -2.12. The van der Waals surface area contributed by atoms with Crippen molar-refractivity contribution in [2.45, 2.75) is 33.2 Å². The molecule has 0 amide bonds. The zero-order valence-corrected chi connectivity index (χ0v) is 12.0. The standard InChI is InChI=1S/C12H16N4O2S/c1-4-18-12(17)10-11(8(2)3)16(15-14-10)7-9-13-5-6-19-9/h5-6,8H,4,7H2,1-3H3. The zero-order valence-electron chi connectivity index (χ0n) is 11.2. The van der Waals surface area contributed by atoms with Gasteiger partial charge < -0.3 is 4.74 Å². The molecule has 0 spiro atoms. The molecule has 0 saturated heterocycles. The van der Waals surface area contributed by atoms with Gasteiger partial charge >= 0.3 is 5.97 Å². The van der Waals surface area contributed by atoms with Crippen molar-refractivity contribution in [3.63, 3.8) is 0 Å². The van der Waals surface area contributed by atoms with Gasteiger partial charge in [0.1, 0.15) is 5.01 Å². The highest BCUT2D eigenvalue weighted by atomic mass is 32.1. The number of carbonyl (C=O) groups excluding carboxylic acids is 1. The predicted octanol–water partition coefficient (Wildman–Crippen LogP) is 2.08. The molecule has 0 radical (unpaired) electrons. The summed E-state index contributed by atoms with van der Waals surface area (Å²) in [5.41, 5.74) is 1.09. The van der Waals surface area contributed by atoms with Crippen LogP contribution in [-0.2, 0) is 11.3 Å². The lowest BCUT2D eigenvalue weighted by Gasteiger charge is -2.09. The van der Waals surface area contributed by atoms with Crippen LogP contribution >= 0.6 is 11.3 Å². The number of esters is 1. The number of rotatable bonds is 5. The number of ether oxygens (including phenoxy) is 1. The van der Waals surface area contributed by atoms with Gasteiger partial charge in [-0.15, -0.1) is 16.4 Å². The topological polar surface area (TPSA) is 69.9 Å². The smallest absolute Gasteiger partial charge is 0.360 e. The van der Waals surface area contributed by atoms with E-state index in [0.29, 0.717) is 18.8 Å². The van der Waals surface area contributed by atoms with E-state index in [1.165, 1.54) is 0 Å². The van der Waals surface area contributed by atoms with Crippen molar-refractivity contribution in [1.82, 2.24) is 20.0 Å². The molecule has 6 nitrogen and oxygen atoms in total. The van der Waals surface area contributed by atoms with Crippen molar-refractivity contribution in [1.29, 1.82) is 0 Å². The molecule has 0 aliphatic carbocycles. The Morgan fingerprint density at radius 1 is 1.53 bits per heavy atom. The van der Waals surface area contributed by atoms with E-state index in [9.17, 15) is 4.79 Å². The largest absolute Gasteiger partial charge is 0.461 e. The third-order valence-electron chi connectivity index (χ3n) is 2.56. The van der Waals surface area contributed by atoms with Crippen LogP contribution in [0, 0.1) is 0 Å². The maximum absolute atomic E-state index is 11.8. The number of aromatic nitrogens is 4. The molecule has 102 valence electrons. The lowest BCUT2D eigenvalue weighted by molar-refractivity contribution is 0.0517. The van der Waals surface area contributed by atoms with E-state index in [4.69, 9.17) is 4.74 Å². The van der Waals surface area contributed by atoms with Crippen LogP contribution in [0.4, 0.5) is 0 Å². The molecule has 0 N–H and O–H groups in total. The van der Waals surface area contributed by atoms with Crippen LogP contribution < -0.4 is 0 Å². The van der Waals surface area contributed by atoms with E-state index >= 15 is 0 Å². The maximum atomic E-state index is 11.8. The Morgan fingerprint density at radius 3 is 2.89 bits per heavy atom. The third-order valence-corrected chi connectivity index (χ3v) is 3.32. The SMILES string of the molecule is CCOC(=O)c1nnn(Cc2nccs2)c1C(C)C. The van der Waals surface area contributed by atoms with Crippen molar-refractivity contribution >= 4 is 17.3 Å². The average molecular weight is 280 g/mol. The monoisotopic (exact) mass is 280 g/mol. The molecule has 0 aliphatic rings. The fraction of sp³-hybridized carbons (Fsp3) is 0.500. The molecule has 2 rings (SSSR count). The van der Waals surface area contributed by atoms with Crippen LogP contribution in [-0.4, -0.2) is 32.6 Å². The molecule has 0 atom stereocenters. The van der Waals surface area contributed by atoms with Crippen molar-refractivity contribution in [3.05, 3.63) is 28.0 Å². The second-order valence-electron chi connectivity index (χ2n) is 4.28. The van der Waals surface area contributed by atoms with Crippen molar-refractivity contribution < 1.29 is 9.53 Å². The van der Waals surface area contributed by atoms with Gasteiger partial charge in [-0.1, -0.05) is 19.1 Å². The highest BCUT2D eigenvalue weighted by Crippen LogP contribution is 2.20. The van der Waals surface area contributed by atoms with Gasteiger partial charge in [0.15, 0.2) is 5.69 Å². The minimum absolute atomic E-state index is 0.134. The number of hydrogen-bond acceptors (Lipinski definition) is 6. The molecule has 2 heterocycles. The second-order valence-corrected chi connectivity index (χ2v) is 5.26. The summed E-state index contributed by atoms with van der Waals surface area (Å²) in [5.74, 6) is -0.286. The molecule has 0 bridgehead atoms. The van der Waals surface area contributed by atoms with Gasteiger partial charge in [-0.3, -0.25) is 0 Å². The number of hydrogen-bond donors (Lipinski definition) is 0. The highest BCUT2D eigenvalue weighted by Gasteiger charge is 2.23. The summed E-state index contributed by atoms with van der Waals surface area (Å²) < 4.78 is 6.72. The molecular weight excluding hydrogens is 264 g/mol. The molecule has 0 aliphatic heterocycles. The zero-order chi connectivity index (χ0) is 13.8. The van der Waals surface area contributed by atoms with E-state index in [2.05, 4.69) is 15.3 Å². The van der Waals surface area contributed by atoms with Crippen LogP contribution in [0.25, 0.3) is 0 Å². The summed E-state index contributed by atoms with van der Waals surface area (Å²) in [6.07, 6.45) is 1.75.